The van der Waals surface area contributed by atoms with E-state index in [-0.39, 0.29) is 11.8 Å². The fourth-order valence-electron chi connectivity index (χ4n) is 2.68. The van der Waals surface area contributed by atoms with Gasteiger partial charge in [-0.05, 0) is 30.5 Å². The Balaban J connectivity index is 1.98. The molecular formula is C15H21NO3. The molecule has 1 N–H and O–H groups in total. The summed E-state index contributed by atoms with van der Waals surface area (Å²) in [5.41, 5.74) is 1.17. The Hall–Kier alpha value is -1.55. The van der Waals surface area contributed by atoms with Crippen LogP contribution in [0.4, 0.5) is 0 Å². The van der Waals surface area contributed by atoms with Crippen molar-refractivity contribution in [3.8, 4) is 5.75 Å². The fraction of sp³-hybridized carbons (Fsp3) is 0.533. The third-order valence-electron chi connectivity index (χ3n) is 3.62. The van der Waals surface area contributed by atoms with Crippen LogP contribution in [0.3, 0.4) is 0 Å². The van der Waals surface area contributed by atoms with Crippen molar-refractivity contribution >= 4 is 5.97 Å². The molecular weight excluding hydrogens is 242 g/mol. The molecule has 0 amide bonds. The molecule has 0 spiro atoms. The molecule has 1 aliphatic rings. The number of hydrogen-bond donors (Lipinski definition) is 1. The molecule has 0 radical (unpaired) electrons. The SMILES string of the molecule is CCOc1cccc(CN2CC(C)C(C(=O)O)C2)c1. The van der Waals surface area contributed by atoms with Crippen molar-refractivity contribution in [3.05, 3.63) is 29.8 Å². The second kappa shape index (κ2) is 6.06. The second-order valence-electron chi connectivity index (χ2n) is 5.20. The summed E-state index contributed by atoms with van der Waals surface area (Å²) in [5, 5.41) is 9.13. The minimum absolute atomic E-state index is 0.215. The van der Waals surface area contributed by atoms with Crippen molar-refractivity contribution in [3.63, 3.8) is 0 Å². The first-order valence-corrected chi connectivity index (χ1v) is 6.77. The average molecular weight is 263 g/mol. The summed E-state index contributed by atoms with van der Waals surface area (Å²) in [4.78, 5) is 13.3. The number of rotatable bonds is 5. The molecule has 19 heavy (non-hydrogen) atoms. The predicted molar refractivity (Wildman–Crippen MR) is 73.2 cm³/mol. The van der Waals surface area contributed by atoms with E-state index < -0.39 is 5.97 Å². The van der Waals surface area contributed by atoms with E-state index >= 15 is 0 Å². The van der Waals surface area contributed by atoms with Crippen LogP contribution in [-0.4, -0.2) is 35.7 Å². The van der Waals surface area contributed by atoms with Crippen LogP contribution >= 0.6 is 0 Å². The zero-order valence-electron chi connectivity index (χ0n) is 11.5. The minimum atomic E-state index is -0.682. The van der Waals surface area contributed by atoms with Gasteiger partial charge in [-0.3, -0.25) is 9.69 Å². The van der Waals surface area contributed by atoms with E-state index in [1.54, 1.807) is 0 Å². The molecule has 0 aliphatic carbocycles. The minimum Gasteiger partial charge on any atom is -0.494 e. The first-order chi connectivity index (χ1) is 9.10. The molecule has 2 unspecified atom stereocenters. The Morgan fingerprint density at radius 3 is 2.89 bits per heavy atom. The Bertz CT molecular complexity index is 447. The van der Waals surface area contributed by atoms with Gasteiger partial charge in [0.2, 0.25) is 0 Å². The number of aliphatic carboxylic acids is 1. The van der Waals surface area contributed by atoms with Gasteiger partial charge in [-0.15, -0.1) is 0 Å². The second-order valence-corrected chi connectivity index (χ2v) is 5.20. The van der Waals surface area contributed by atoms with E-state index in [1.165, 1.54) is 5.56 Å². The highest BCUT2D eigenvalue weighted by atomic mass is 16.5. The van der Waals surface area contributed by atoms with Crippen LogP contribution in [0.1, 0.15) is 19.4 Å². The van der Waals surface area contributed by atoms with Crippen molar-refractivity contribution in [2.75, 3.05) is 19.7 Å². The lowest BCUT2D eigenvalue weighted by Crippen LogP contribution is -2.23. The maximum absolute atomic E-state index is 11.1. The first-order valence-electron chi connectivity index (χ1n) is 6.77. The largest absolute Gasteiger partial charge is 0.494 e. The van der Waals surface area contributed by atoms with Crippen molar-refractivity contribution in [2.24, 2.45) is 11.8 Å². The number of carbonyl (C=O) groups is 1. The van der Waals surface area contributed by atoms with Crippen LogP contribution in [0.15, 0.2) is 24.3 Å². The maximum Gasteiger partial charge on any atom is 0.308 e. The average Bonchev–Trinajstić information content (AvgIpc) is 2.71. The smallest absolute Gasteiger partial charge is 0.308 e. The molecule has 0 bridgehead atoms. The normalized spacial score (nSPS) is 23.5. The van der Waals surface area contributed by atoms with Crippen LogP contribution in [0, 0.1) is 11.8 Å². The van der Waals surface area contributed by atoms with Crippen LogP contribution in [0.5, 0.6) is 5.75 Å². The lowest BCUT2D eigenvalue weighted by molar-refractivity contribution is -0.142. The van der Waals surface area contributed by atoms with E-state index in [9.17, 15) is 4.79 Å². The summed E-state index contributed by atoms with van der Waals surface area (Å²) in [6, 6.07) is 8.01. The molecule has 4 heteroatoms. The fourth-order valence-corrected chi connectivity index (χ4v) is 2.68. The Morgan fingerprint density at radius 1 is 1.47 bits per heavy atom. The van der Waals surface area contributed by atoms with Crippen LogP contribution < -0.4 is 4.74 Å². The molecule has 1 aromatic rings. The van der Waals surface area contributed by atoms with Gasteiger partial charge in [0.25, 0.3) is 0 Å². The van der Waals surface area contributed by atoms with Crippen LogP contribution in [0.25, 0.3) is 0 Å². The van der Waals surface area contributed by atoms with Gasteiger partial charge in [-0.2, -0.15) is 0 Å². The van der Waals surface area contributed by atoms with Crippen molar-refractivity contribution < 1.29 is 14.6 Å². The summed E-state index contributed by atoms with van der Waals surface area (Å²) >= 11 is 0. The van der Waals surface area contributed by atoms with E-state index in [0.717, 1.165) is 18.8 Å². The maximum atomic E-state index is 11.1. The first kappa shape index (κ1) is 13.9. The summed E-state index contributed by atoms with van der Waals surface area (Å²) in [7, 11) is 0. The highest BCUT2D eigenvalue weighted by molar-refractivity contribution is 5.71. The Kier molecular flexibility index (Phi) is 4.43. The Labute approximate surface area is 114 Å². The zero-order valence-corrected chi connectivity index (χ0v) is 11.5. The summed E-state index contributed by atoms with van der Waals surface area (Å²) < 4.78 is 5.48. The van der Waals surface area contributed by atoms with E-state index in [0.29, 0.717) is 13.2 Å². The number of carboxylic acids is 1. The van der Waals surface area contributed by atoms with Gasteiger partial charge in [0.1, 0.15) is 5.75 Å². The van der Waals surface area contributed by atoms with Gasteiger partial charge in [0.05, 0.1) is 12.5 Å². The molecule has 2 rings (SSSR count). The highest BCUT2D eigenvalue weighted by Crippen LogP contribution is 2.25. The van der Waals surface area contributed by atoms with Gasteiger partial charge < -0.3 is 9.84 Å². The van der Waals surface area contributed by atoms with E-state index in [4.69, 9.17) is 9.84 Å². The van der Waals surface area contributed by atoms with Gasteiger partial charge >= 0.3 is 5.97 Å². The molecule has 0 aromatic heterocycles. The van der Waals surface area contributed by atoms with Gasteiger partial charge in [-0.1, -0.05) is 19.1 Å². The number of benzene rings is 1. The summed E-state index contributed by atoms with van der Waals surface area (Å²) in [6.45, 7) is 6.90. The molecule has 1 heterocycles. The highest BCUT2D eigenvalue weighted by Gasteiger charge is 2.34. The molecule has 2 atom stereocenters. The molecule has 104 valence electrons. The summed E-state index contributed by atoms with van der Waals surface area (Å²) in [5.74, 6) is 0.169. The van der Waals surface area contributed by atoms with Gasteiger partial charge in [0.15, 0.2) is 0 Å². The molecule has 1 aromatic carbocycles. The van der Waals surface area contributed by atoms with Crippen LogP contribution in [-0.2, 0) is 11.3 Å². The topological polar surface area (TPSA) is 49.8 Å². The standard InChI is InChI=1S/C15H21NO3/c1-3-19-13-6-4-5-12(7-13)9-16-8-11(2)14(10-16)15(17)18/h4-7,11,14H,3,8-10H2,1-2H3,(H,17,18). The number of carboxylic acid groups (broad SMARTS) is 1. The van der Waals surface area contributed by atoms with Crippen molar-refractivity contribution in [2.45, 2.75) is 20.4 Å². The molecule has 1 aliphatic heterocycles. The quantitative estimate of drug-likeness (QED) is 0.885. The summed E-state index contributed by atoms with van der Waals surface area (Å²) in [6.07, 6.45) is 0. The monoisotopic (exact) mass is 263 g/mol. The zero-order chi connectivity index (χ0) is 13.8. The van der Waals surface area contributed by atoms with E-state index in [1.807, 2.05) is 32.0 Å². The number of ether oxygens (including phenoxy) is 1. The lowest BCUT2D eigenvalue weighted by Gasteiger charge is -2.16. The third-order valence-corrected chi connectivity index (χ3v) is 3.62. The molecule has 0 saturated carbocycles. The molecule has 4 nitrogen and oxygen atoms in total. The van der Waals surface area contributed by atoms with E-state index in [2.05, 4.69) is 11.0 Å². The number of nitrogens with zero attached hydrogens (tertiary/aromatic N) is 1. The van der Waals surface area contributed by atoms with Crippen molar-refractivity contribution in [1.82, 2.24) is 4.90 Å². The third kappa shape index (κ3) is 3.47. The molecule has 1 fully saturated rings. The number of likely N-dealkylation sites (tertiary alicyclic amines) is 1. The lowest BCUT2D eigenvalue weighted by atomic mass is 9.99. The molecule has 1 saturated heterocycles. The van der Waals surface area contributed by atoms with Gasteiger partial charge in [0, 0.05) is 19.6 Å². The predicted octanol–water partition coefficient (Wildman–Crippen LogP) is 2.24. The number of hydrogen-bond acceptors (Lipinski definition) is 3. The van der Waals surface area contributed by atoms with Gasteiger partial charge in [-0.25, -0.2) is 0 Å². The van der Waals surface area contributed by atoms with Crippen molar-refractivity contribution in [1.29, 1.82) is 0 Å². The Morgan fingerprint density at radius 2 is 2.26 bits per heavy atom. The van der Waals surface area contributed by atoms with Crippen LogP contribution in [0.2, 0.25) is 0 Å².